The maximum absolute atomic E-state index is 13.2. The van der Waals surface area contributed by atoms with Crippen LogP contribution in [0.5, 0.6) is 0 Å². The minimum absolute atomic E-state index is 0.176. The van der Waals surface area contributed by atoms with Crippen LogP contribution in [-0.4, -0.2) is 11.6 Å². The molecule has 2 aromatic carbocycles. The van der Waals surface area contributed by atoms with Gasteiger partial charge in [-0.1, -0.05) is 115 Å². The molecule has 0 saturated carbocycles. The van der Waals surface area contributed by atoms with Gasteiger partial charge in [0.15, 0.2) is 0 Å². The Labute approximate surface area is 229 Å². The molecule has 0 aromatic heterocycles. The van der Waals surface area contributed by atoms with Crippen LogP contribution in [0.25, 0.3) is 17.0 Å². The van der Waals surface area contributed by atoms with E-state index in [0.29, 0.717) is 22.5 Å². The Kier molecular flexibility index (Phi) is 16.2. The monoisotopic (exact) mass is 521 g/mol. The number of aliphatic imine (C=N–C) groups is 1. The number of unbranched alkanes of at least 4 members (excludes halogenated alkanes) is 2. The number of hydrogen-bond acceptors (Lipinski definition) is 3. The molecule has 0 amide bonds. The average molecular weight is 522 g/mol. The van der Waals surface area contributed by atoms with Gasteiger partial charge in [-0.2, -0.15) is 5.26 Å². The number of benzene rings is 2. The molecule has 2 N–H and O–H groups in total. The summed E-state index contributed by atoms with van der Waals surface area (Å²) in [6.45, 7) is 22.4. The van der Waals surface area contributed by atoms with Gasteiger partial charge in [-0.15, -0.1) is 0 Å². The number of nitrogens with two attached hydrogens (primary N) is 1. The van der Waals surface area contributed by atoms with E-state index in [1.165, 1.54) is 25.7 Å². The fraction of sp³-hybridized carbons (Fsp3) is 0.394. The van der Waals surface area contributed by atoms with E-state index in [1.54, 1.807) is 43.3 Å². The summed E-state index contributed by atoms with van der Waals surface area (Å²) >= 11 is 0. The second-order valence-corrected chi connectivity index (χ2v) is 9.71. The molecule has 38 heavy (non-hydrogen) atoms. The predicted molar refractivity (Wildman–Crippen MR) is 162 cm³/mol. The highest BCUT2D eigenvalue weighted by Crippen LogP contribution is 2.22. The van der Waals surface area contributed by atoms with E-state index in [4.69, 9.17) is 11.0 Å². The molecule has 0 saturated heterocycles. The third kappa shape index (κ3) is 14.3. The number of nitriles is 1. The molecule has 0 spiro atoms. The summed E-state index contributed by atoms with van der Waals surface area (Å²) in [5.74, 6) is -2.02. The van der Waals surface area contributed by atoms with Crippen molar-refractivity contribution in [2.24, 2.45) is 16.6 Å². The van der Waals surface area contributed by atoms with Crippen molar-refractivity contribution in [2.45, 2.75) is 79.6 Å². The molecule has 3 nitrogen and oxygen atoms in total. The number of nitrogens with zero attached hydrogens (tertiary/aromatic N) is 2. The van der Waals surface area contributed by atoms with Crippen molar-refractivity contribution in [3.05, 3.63) is 90.5 Å². The molecule has 206 valence electrons. The van der Waals surface area contributed by atoms with Crippen molar-refractivity contribution in [2.75, 3.05) is 0 Å². The molecule has 0 bridgehead atoms. The molecule has 5 heteroatoms. The minimum Gasteiger partial charge on any atom is -0.399 e. The zero-order valence-corrected chi connectivity index (χ0v) is 24.1. The molecule has 0 aliphatic carbocycles. The number of rotatable bonds is 10. The largest absolute Gasteiger partial charge is 0.399 e. The van der Waals surface area contributed by atoms with E-state index >= 15 is 0 Å². The van der Waals surface area contributed by atoms with Gasteiger partial charge in [0.2, 0.25) is 0 Å². The molecule has 0 radical (unpaired) electrons. The van der Waals surface area contributed by atoms with Gasteiger partial charge in [-0.25, -0.2) is 8.78 Å². The van der Waals surface area contributed by atoms with Crippen LogP contribution in [0.2, 0.25) is 0 Å². The number of hydrogen-bond donors (Lipinski definition) is 1. The van der Waals surface area contributed by atoms with Gasteiger partial charge in [0.05, 0.1) is 23.0 Å². The lowest BCUT2D eigenvalue weighted by Gasteiger charge is -2.13. The molecular formula is C33H45F2N3. The van der Waals surface area contributed by atoms with Gasteiger partial charge < -0.3 is 5.73 Å². The van der Waals surface area contributed by atoms with Gasteiger partial charge in [-0.05, 0) is 48.1 Å². The number of halogens is 2. The summed E-state index contributed by atoms with van der Waals surface area (Å²) in [7, 11) is 0. The first-order valence-corrected chi connectivity index (χ1v) is 13.1. The molecule has 2 aromatic rings. The van der Waals surface area contributed by atoms with Crippen molar-refractivity contribution in [1.82, 2.24) is 0 Å². The summed E-state index contributed by atoms with van der Waals surface area (Å²) in [5, 5.41) is 8.49. The van der Waals surface area contributed by atoms with Crippen LogP contribution in [0.1, 0.15) is 95.9 Å². The van der Waals surface area contributed by atoms with Gasteiger partial charge in [-0.3, -0.25) is 4.99 Å². The molecule has 0 aliphatic rings. The SMILES string of the molecule is C=C(C)c1ccc(C#N)cc1.C=C(N)c1ccc(C(=C)N=C(CC)C(C)(F)F)cc1.CCCCCC(C)C. The van der Waals surface area contributed by atoms with Gasteiger partial charge in [0, 0.05) is 12.6 Å². The average Bonchev–Trinajstić information content (AvgIpc) is 2.87. The third-order valence-electron chi connectivity index (χ3n) is 5.59. The Balaban J connectivity index is 0.000000607. The Morgan fingerprint density at radius 3 is 1.82 bits per heavy atom. The van der Waals surface area contributed by atoms with E-state index < -0.39 is 5.92 Å². The lowest BCUT2D eigenvalue weighted by Crippen LogP contribution is -2.23. The molecule has 0 unspecified atom stereocenters. The van der Waals surface area contributed by atoms with Crippen LogP contribution in [0.4, 0.5) is 8.78 Å². The van der Waals surface area contributed by atoms with Crippen LogP contribution < -0.4 is 5.73 Å². The van der Waals surface area contributed by atoms with E-state index in [2.05, 4.69) is 51.6 Å². The van der Waals surface area contributed by atoms with E-state index in [9.17, 15) is 8.78 Å². The lowest BCUT2D eigenvalue weighted by molar-refractivity contribution is 0.0984. The maximum Gasteiger partial charge on any atom is 0.283 e. The second kappa shape index (κ2) is 17.9. The Morgan fingerprint density at radius 2 is 1.45 bits per heavy atom. The number of allylic oxidation sites excluding steroid dienone is 1. The van der Waals surface area contributed by atoms with Crippen LogP contribution >= 0.6 is 0 Å². The van der Waals surface area contributed by atoms with E-state index in [0.717, 1.165) is 29.5 Å². The standard InChI is InChI=1S/C15H18F2N2.C10H9N.C8H18/c1-5-14(15(4,16)17)19-11(3)13-8-6-12(7-9-13)10(2)18;1-8(2)10-5-3-9(7-11)4-6-10;1-4-5-6-7-8(2)3/h6-9H,2-3,5,18H2,1,4H3;3-6H,1H2,2H3;8H,4-7H2,1-3H3. The summed E-state index contributed by atoms with van der Waals surface area (Å²) in [5.41, 5.74) is 10.4. The Morgan fingerprint density at radius 1 is 0.947 bits per heavy atom. The quantitative estimate of drug-likeness (QED) is 0.250. The normalized spacial score (nSPS) is 10.9. The van der Waals surface area contributed by atoms with Crippen LogP contribution in [0.15, 0.2) is 73.3 Å². The molecule has 0 aliphatic heterocycles. The summed E-state index contributed by atoms with van der Waals surface area (Å²) in [4.78, 5) is 3.93. The Hall–Kier alpha value is -3.52. The fourth-order valence-corrected chi connectivity index (χ4v) is 3.22. The summed E-state index contributed by atoms with van der Waals surface area (Å²) in [6.07, 6.45) is 5.78. The fourth-order valence-electron chi connectivity index (χ4n) is 3.22. The summed E-state index contributed by atoms with van der Waals surface area (Å²) < 4.78 is 26.5. The van der Waals surface area contributed by atoms with Gasteiger partial charge in [0.1, 0.15) is 0 Å². The topological polar surface area (TPSA) is 62.2 Å². The van der Waals surface area contributed by atoms with Crippen molar-refractivity contribution >= 4 is 22.7 Å². The van der Waals surface area contributed by atoms with E-state index in [1.807, 2.05) is 19.1 Å². The molecule has 0 fully saturated rings. The lowest BCUT2D eigenvalue weighted by atomic mass is 10.1. The molecule has 2 rings (SSSR count). The van der Waals surface area contributed by atoms with Gasteiger partial charge in [0.25, 0.3) is 5.92 Å². The van der Waals surface area contributed by atoms with Crippen molar-refractivity contribution < 1.29 is 8.78 Å². The number of alkyl halides is 2. The highest BCUT2D eigenvalue weighted by molar-refractivity contribution is 5.94. The van der Waals surface area contributed by atoms with Crippen LogP contribution in [0, 0.1) is 17.2 Å². The van der Waals surface area contributed by atoms with Crippen LogP contribution in [-0.2, 0) is 0 Å². The zero-order chi connectivity index (χ0) is 29.3. The van der Waals surface area contributed by atoms with Gasteiger partial charge >= 0.3 is 0 Å². The maximum atomic E-state index is 13.2. The molecular weight excluding hydrogens is 476 g/mol. The Bertz CT molecular complexity index is 1080. The van der Waals surface area contributed by atoms with Crippen molar-refractivity contribution in [1.29, 1.82) is 5.26 Å². The zero-order valence-electron chi connectivity index (χ0n) is 24.1. The minimum atomic E-state index is -2.93. The summed E-state index contributed by atoms with van der Waals surface area (Å²) in [6, 6.07) is 16.5. The third-order valence-corrected chi connectivity index (χ3v) is 5.59. The first-order chi connectivity index (χ1) is 17.8. The molecule has 0 heterocycles. The highest BCUT2D eigenvalue weighted by Gasteiger charge is 2.27. The second-order valence-electron chi connectivity index (χ2n) is 9.71. The molecule has 0 atom stereocenters. The van der Waals surface area contributed by atoms with Crippen molar-refractivity contribution in [3.63, 3.8) is 0 Å². The smallest absolute Gasteiger partial charge is 0.283 e. The first-order valence-electron chi connectivity index (χ1n) is 13.1. The van der Waals surface area contributed by atoms with Crippen molar-refractivity contribution in [3.8, 4) is 6.07 Å². The highest BCUT2D eigenvalue weighted by atomic mass is 19.3. The first kappa shape index (κ1) is 34.5. The van der Waals surface area contributed by atoms with Crippen LogP contribution in [0.3, 0.4) is 0 Å². The van der Waals surface area contributed by atoms with E-state index in [-0.39, 0.29) is 12.1 Å². The predicted octanol–water partition coefficient (Wildman–Crippen LogP) is 9.91.